The number of hydrogen-bond acceptors (Lipinski definition) is 4. The molecule has 3 rings (SSSR count). The first-order valence-electron chi connectivity index (χ1n) is 10.8. The molecule has 0 fully saturated rings. The summed E-state index contributed by atoms with van der Waals surface area (Å²) in [5, 5.41) is 3.14. The van der Waals surface area contributed by atoms with Crippen molar-refractivity contribution < 1.29 is 17.9 Å². The Morgan fingerprint density at radius 1 is 0.939 bits per heavy atom. The highest BCUT2D eigenvalue weighted by Crippen LogP contribution is 2.24. The maximum Gasteiger partial charge on any atom is 0.261 e. The second kappa shape index (κ2) is 10.5. The van der Waals surface area contributed by atoms with Crippen LogP contribution < -0.4 is 14.4 Å². The summed E-state index contributed by atoms with van der Waals surface area (Å²) in [5.41, 5.74) is 3.64. The molecule has 0 aliphatic carbocycles. The minimum absolute atomic E-state index is 0.218. The molecule has 0 heterocycles. The molecule has 3 aromatic rings. The van der Waals surface area contributed by atoms with Crippen LogP contribution in [0.15, 0.2) is 78.9 Å². The van der Waals surface area contributed by atoms with Crippen molar-refractivity contribution in [1.29, 1.82) is 0 Å². The quantitative estimate of drug-likeness (QED) is 0.505. The molecule has 3 aromatic carbocycles. The van der Waals surface area contributed by atoms with Crippen LogP contribution >= 0.6 is 0 Å². The van der Waals surface area contributed by atoms with Gasteiger partial charge in [0.25, 0.3) is 5.91 Å². The van der Waals surface area contributed by atoms with Crippen molar-refractivity contribution in [3.8, 4) is 5.75 Å². The molecule has 0 saturated carbocycles. The van der Waals surface area contributed by atoms with Crippen LogP contribution in [0.25, 0.3) is 0 Å². The van der Waals surface area contributed by atoms with E-state index in [0.29, 0.717) is 17.9 Å². The van der Waals surface area contributed by atoms with E-state index in [2.05, 4.69) is 5.32 Å². The number of benzene rings is 3. The van der Waals surface area contributed by atoms with Gasteiger partial charge in [0.15, 0.2) is 6.10 Å². The van der Waals surface area contributed by atoms with Crippen molar-refractivity contribution in [1.82, 2.24) is 5.32 Å². The number of sulfonamides is 1. The predicted molar refractivity (Wildman–Crippen MR) is 132 cm³/mol. The number of nitrogens with zero attached hydrogens (tertiary/aromatic N) is 1. The summed E-state index contributed by atoms with van der Waals surface area (Å²) in [6.45, 7) is 3.92. The van der Waals surface area contributed by atoms with E-state index in [1.807, 2.05) is 68.4 Å². The molecule has 0 spiro atoms. The van der Waals surface area contributed by atoms with Gasteiger partial charge in [-0.3, -0.25) is 9.10 Å². The fraction of sp³-hybridized carbons (Fsp3) is 0.269. The first-order valence-corrected chi connectivity index (χ1v) is 12.7. The number of hydrogen-bond donors (Lipinski definition) is 1. The Hall–Kier alpha value is -3.32. The minimum atomic E-state index is -3.35. The highest BCUT2D eigenvalue weighted by atomic mass is 32.2. The van der Waals surface area contributed by atoms with Gasteiger partial charge in [-0.2, -0.15) is 0 Å². The fourth-order valence-electron chi connectivity index (χ4n) is 3.41. The van der Waals surface area contributed by atoms with Crippen LogP contribution in [0.4, 0.5) is 5.69 Å². The molecule has 0 aliphatic heterocycles. The number of carbonyl (C=O) groups excluding carboxylic acids is 1. The largest absolute Gasteiger partial charge is 0.481 e. The molecule has 6 nitrogen and oxygen atoms in total. The van der Waals surface area contributed by atoms with Crippen LogP contribution in [0.2, 0.25) is 0 Å². The van der Waals surface area contributed by atoms with E-state index in [-0.39, 0.29) is 11.9 Å². The van der Waals surface area contributed by atoms with E-state index in [0.717, 1.165) is 22.9 Å². The molecule has 0 aliphatic rings. The van der Waals surface area contributed by atoms with Crippen molar-refractivity contribution >= 4 is 21.6 Å². The van der Waals surface area contributed by atoms with Crippen LogP contribution in [0.5, 0.6) is 5.75 Å². The molecular weight excluding hydrogens is 436 g/mol. The van der Waals surface area contributed by atoms with Crippen LogP contribution in [0.3, 0.4) is 0 Å². The molecular formula is C26H30N2O4S. The van der Waals surface area contributed by atoms with Crippen LogP contribution in [-0.4, -0.2) is 33.7 Å². The third-order valence-corrected chi connectivity index (χ3v) is 6.68. The van der Waals surface area contributed by atoms with E-state index in [4.69, 9.17) is 4.74 Å². The fourth-order valence-corrected chi connectivity index (χ4v) is 3.92. The minimum Gasteiger partial charge on any atom is -0.481 e. The van der Waals surface area contributed by atoms with Crippen molar-refractivity contribution in [2.45, 2.75) is 32.4 Å². The molecule has 1 N–H and O–H groups in total. The number of ether oxygens (including phenoxy) is 1. The third-order valence-electron chi connectivity index (χ3n) is 5.47. The summed E-state index contributed by atoms with van der Waals surface area (Å²) in [4.78, 5) is 13.2. The van der Waals surface area contributed by atoms with E-state index in [1.165, 1.54) is 11.4 Å². The standard InChI is InChI=1S/C26H30N2O4S/c1-5-24(32-23-17-15-22(16-18-23)28(3)33(4,30)31)26(29)27-25(20-9-7-6-8-10-20)21-13-11-19(2)12-14-21/h6-18,24-25H,5H2,1-4H3,(H,27,29)/t24-,25+/m0/s1. The smallest absolute Gasteiger partial charge is 0.261 e. The van der Waals surface area contributed by atoms with Crippen molar-refractivity contribution in [2.24, 2.45) is 0 Å². The Bertz CT molecular complexity index is 1160. The summed E-state index contributed by atoms with van der Waals surface area (Å²) in [7, 11) is -1.86. The van der Waals surface area contributed by atoms with Gasteiger partial charge in [-0.25, -0.2) is 8.42 Å². The van der Waals surface area contributed by atoms with E-state index in [9.17, 15) is 13.2 Å². The molecule has 2 atom stereocenters. The number of nitrogens with one attached hydrogen (secondary N) is 1. The van der Waals surface area contributed by atoms with Crippen molar-refractivity contribution in [3.63, 3.8) is 0 Å². The zero-order chi connectivity index (χ0) is 24.0. The van der Waals surface area contributed by atoms with Gasteiger partial charge in [0.2, 0.25) is 10.0 Å². The van der Waals surface area contributed by atoms with Gasteiger partial charge in [0.1, 0.15) is 5.75 Å². The van der Waals surface area contributed by atoms with Gasteiger partial charge in [0.05, 0.1) is 18.0 Å². The van der Waals surface area contributed by atoms with Gasteiger partial charge in [0, 0.05) is 7.05 Å². The van der Waals surface area contributed by atoms with Gasteiger partial charge in [-0.1, -0.05) is 67.1 Å². The maximum absolute atomic E-state index is 13.2. The topological polar surface area (TPSA) is 75.7 Å². The van der Waals surface area contributed by atoms with E-state index in [1.54, 1.807) is 24.3 Å². The lowest BCUT2D eigenvalue weighted by Gasteiger charge is -2.24. The number of carbonyl (C=O) groups is 1. The average molecular weight is 467 g/mol. The molecule has 0 radical (unpaired) electrons. The highest BCUT2D eigenvalue weighted by molar-refractivity contribution is 7.92. The van der Waals surface area contributed by atoms with E-state index < -0.39 is 16.1 Å². The Morgan fingerprint density at radius 2 is 1.52 bits per heavy atom. The maximum atomic E-state index is 13.2. The SMILES string of the molecule is CC[C@H](Oc1ccc(N(C)S(C)(=O)=O)cc1)C(=O)N[C@H](c1ccccc1)c1ccc(C)cc1. The molecule has 174 valence electrons. The second-order valence-electron chi connectivity index (χ2n) is 8.00. The molecule has 0 saturated heterocycles. The zero-order valence-corrected chi connectivity index (χ0v) is 20.2. The van der Waals surface area contributed by atoms with E-state index >= 15 is 0 Å². The lowest BCUT2D eigenvalue weighted by atomic mass is 9.97. The van der Waals surface area contributed by atoms with Gasteiger partial charge < -0.3 is 10.1 Å². The molecule has 7 heteroatoms. The Kier molecular flexibility index (Phi) is 7.76. The molecule has 0 unspecified atom stereocenters. The van der Waals surface area contributed by atoms with Gasteiger partial charge in [-0.15, -0.1) is 0 Å². The van der Waals surface area contributed by atoms with Crippen LogP contribution in [-0.2, 0) is 14.8 Å². The Balaban J connectivity index is 1.77. The molecule has 0 bridgehead atoms. The first-order chi connectivity index (χ1) is 15.7. The zero-order valence-electron chi connectivity index (χ0n) is 19.4. The van der Waals surface area contributed by atoms with Gasteiger partial charge in [-0.05, 0) is 48.7 Å². The van der Waals surface area contributed by atoms with Crippen LogP contribution in [0.1, 0.15) is 36.1 Å². The van der Waals surface area contributed by atoms with Crippen LogP contribution in [0, 0.1) is 6.92 Å². The summed E-state index contributed by atoms with van der Waals surface area (Å²) in [5.74, 6) is 0.276. The van der Waals surface area contributed by atoms with Crippen molar-refractivity contribution in [2.75, 3.05) is 17.6 Å². The Morgan fingerprint density at radius 3 is 2.06 bits per heavy atom. The monoisotopic (exact) mass is 466 g/mol. The predicted octanol–water partition coefficient (Wildman–Crippen LogP) is 4.45. The number of anilines is 1. The summed E-state index contributed by atoms with van der Waals surface area (Å²) in [6, 6.07) is 24.3. The highest BCUT2D eigenvalue weighted by Gasteiger charge is 2.24. The summed E-state index contributed by atoms with van der Waals surface area (Å²) in [6.07, 6.45) is 0.929. The number of aryl methyl sites for hydroxylation is 1. The first kappa shape index (κ1) is 24.3. The lowest BCUT2D eigenvalue weighted by molar-refractivity contribution is -0.128. The second-order valence-corrected chi connectivity index (χ2v) is 10.0. The molecule has 33 heavy (non-hydrogen) atoms. The molecule has 0 aromatic heterocycles. The lowest BCUT2D eigenvalue weighted by Crippen LogP contribution is -2.40. The third kappa shape index (κ3) is 6.35. The summed E-state index contributed by atoms with van der Waals surface area (Å²) < 4.78 is 30.6. The number of amides is 1. The average Bonchev–Trinajstić information content (AvgIpc) is 2.81. The normalized spacial score (nSPS) is 13.1. The molecule has 1 amide bonds. The van der Waals surface area contributed by atoms with Crippen molar-refractivity contribution in [3.05, 3.63) is 95.6 Å². The van der Waals surface area contributed by atoms with Gasteiger partial charge >= 0.3 is 0 Å². The number of rotatable bonds is 9. The summed E-state index contributed by atoms with van der Waals surface area (Å²) >= 11 is 0. The Labute approximate surface area is 196 Å².